The van der Waals surface area contributed by atoms with E-state index < -0.39 is 0 Å². The summed E-state index contributed by atoms with van der Waals surface area (Å²) in [6.07, 6.45) is 9.16. The van der Waals surface area contributed by atoms with Crippen LogP contribution in [-0.4, -0.2) is 0 Å². The van der Waals surface area contributed by atoms with Gasteiger partial charge in [-0.05, 0) is 42.2 Å². The molecule has 0 saturated carbocycles. The summed E-state index contributed by atoms with van der Waals surface area (Å²) >= 11 is 1.95. The maximum atomic E-state index is 2.46. The molecule has 0 fully saturated rings. The Bertz CT molecular complexity index is 340. The summed E-state index contributed by atoms with van der Waals surface area (Å²) in [7, 11) is 0. The zero-order valence-corrected chi connectivity index (χ0v) is 10.8. The van der Waals surface area contributed by atoms with Gasteiger partial charge in [0.25, 0.3) is 0 Å². The number of hydrogen-bond acceptors (Lipinski definition) is 1. The molecule has 0 heterocycles. The average Bonchev–Trinajstić information content (AvgIpc) is 2.33. The molecule has 0 nitrogen and oxygen atoms in total. The van der Waals surface area contributed by atoms with Gasteiger partial charge in [-0.3, -0.25) is 0 Å². The van der Waals surface area contributed by atoms with Crippen molar-refractivity contribution in [3.63, 3.8) is 0 Å². The highest BCUT2D eigenvalue weighted by atomic mass is 32.2. The molecule has 0 amide bonds. The van der Waals surface area contributed by atoms with Crippen LogP contribution in [0.1, 0.15) is 39.0 Å². The molecule has 0 spiro atoms. The van der Waals surface area contributed by atoms with Crippen molar-refractivity contribution in [2.75, 3.05) is 0 Å². The van der Waals surface area contributed by atoms with Crippen molar-refractivity contribution in [3.05, 3.63) is 41.3 Å². The maximum Gasteiger partial charge on any atom is 0.0118 e. The lowest BCUT2D eigenvalue weighted by atomic mass is 9.90. The van der Waals surface area contributed by atoms with Crippen LogP contribution in [0.2, 0.25) is 0 Å². The summed E-state index contributed by atoms with van der Waals surface area (Å²) in [4.78, 5) is 2.95. The average molecular weight is 232 g/mol. The van der Waals surface area contributed by atoms with Crippen LogP contribution in [0.3, 0.4) is 0 Å². The summed E-state index contributed by atoms with van der Waals surface area (Å²) in [5, 5.41) is 0. The lowest BCUT2D eigenvalue weighted by Crippen LogP contribution is -2.03. The van der Waals surface area contributed by atoms with E-state index in [2.05, 4.69) is 43.3 Å². The van der Waals surface area contributed by atoms with E-state index >= 15 is 0 Å². The van der Waals surface area contributed by atoms with Gasteiger partial charge in [0.05, 0.1) is 0 Å². The lowest BCUT2D eigenvalue weighted by Gasteiger charge is -2.20. The van der Waals surface area contributed by atoms with Gasteiger partial charge in [-0.1, -0.05) is 55.8 Å². The van der Waals surface area contributed by atoms with Gasteiger partial charge in [0.15, 0.2) is 0 Å². The molecule has 0 aliphatic heterocycles. The number of thioether (sulfide) groups is 1. The third-order valence-electron chi connectivity index (χ3n) is 3.17. The van der Waals surface area contributed by atoms with Crippen molar-refractivity contribution in [1.82, 2.24) is 0 Å². The zero-order valence-electron chi connectivity index (χ0n) is 9.99. The van der Waals surface area contributed by atoms with Gasteiger partial charge in [0.1, 0.15) is 0 Å². The van der Waals surface area contributed by atoms with Gasteiger partial charge in [0, 0.05) is 4.90 Å². The molecule has 1 atom stereocenters. The second-order valence-electron chi connectivity index (χ2n) is 4.51. The molecular formula is C15H20S. The van der Waals surface area contributed by atoms with Gasteiger partial charge >= 0.3 is 0 Å². The van der Waals surface area contributed by atoms with Crippen LogP contribution < -0.4 is 0 Å². The third-order valence-corrected chi connectivity index (χ3v) is 4.31. The molecular weight excluding hydrogens is 212 g/mol. The molecule has 1 aromatic carbocycles. The molecule has 1 aliphatic rings. The SMILES string of the molecule is CCCC1CC=C(Sc2ccccc2)CC1. The Balaban J connectivity index is 1.88. The maximum absolute atomic E-state index is 2.46. The largest absolute Gasteiger partial charge is 0.0949 e. The van der Waals surface area contributed by atoms with E-state index in [1.165, 1.54) is 37.0 Å². The molecule has 1 aromatic rings. The summed E-state index contributed by atoms with van der Waals surface area (Å²) < 4.78 is 0. The summed E-state index contributed by atoms with van der Waals surface area (Å²) in [5.74, 6) is 0.949. The van der Waals surface area contributed by atoms with Crippen molar-refractivity contribution in [2.45, 2.75) is 43.9 Å². The van der Waals surface area contributed by atoms with E-state index in [0.717, 1.165) is 5.92 Å². The van der Waals surface area contributed by atoms with Crippen LogP contribution in [0.25, 0.3) is 0 Å². The number of allylic oxidation sites excluding steroid dienone is 2. The fraction of sp³-hybridized carbons (Fsp3) is 0.467. The van der Waals surface area contributed by atoms with Crippen LogP contribution in [0.5, 0.6) is 0 Å². The quantitative estimate of drug-likeness (QED) is 0.682. The molecule has 86 valence electrons. The van der Waals surface area contributed by atoms with Gasteiger partial charge in [-0.25, -0.2) is 0 Å². The van der Waals surface area contributed by atoms with E-state index in [1.807, 2.05) is 11.8 Å². The molecule has 1 unspecified atom stereocenters. The van der Waals surface area contributed by atoms with Crippen LogP contribution >= 0.6 is 11.8 Å². The molecule has 1 aliphatic carbocycles. The van der Waals surface area contributed by atoms with Crippen LogP contribution in [0.4, 0.5) is 0 Å². The molecule has 2 rings (SSSR count). The topological polar surface area (TPSA) is 0 Å². The van der Waals surface area contributed by atoms with Crippen molar-refractivity contribution in [3.8, 4) is 0 Å². The van der Waals surface area contributed by atoms with E-state index in [1.54, 1.807) is 4.91 Å². The summed E-state index contributed by atoms with van der Waals surface area (Å²) in [6, 6.07) is 10.7. The normalized spacial score (nSPS) is 20.6. The number of rotatable bonds is 4. The predicted octanol–water partition coefficient (Wildman–Crippen LogP) is 5.26. The Morgan fingerprint density at radius 2 is 2.06 bits per heavy atom. The molecule has 0 aromatic heterocycles. The number of benzene rings is 1. The summed E-state index contributed by atoms with van der Waals surface area (Å²) in [6.45, 7) is 2.29. The molecule has 0 radical (unpaired) electrons. The van der Waals surface area contributed by atoms with E-state index in [9.17, 15) is 0 Å². The Hall–Kier alpha value is -0.690. The first kappa shape index (κ1) is 11.8. The Kier molecular flexibility index (Phi) is 4.53. The molecule has 16 heavy (non-hydrogen) atoms. The highest BCUT2D eigenvalue weighted by Gasteiger charge is 2.13. The molecule has 1 heteroatoms. The monoisotopic (exact) mass is 232 g/mol. The highest BCUT2D eigenvalue weighted by Crippen LogP contribution is 2.36. The fourth-order valence-corrected chi connectivity index (χ4v) is 3.26. The highest BCUT2D eigenvalue weighted by molar-refractivity contribution is 8.03. The zero-order chi connectivity index (χ0) is 11.2. The van der Waals surface area contributed by atoms with Crippen molar-refractivity contribution >= 4 is 11.8 Å². The van der Waals surface area contributed by atoms with Crippen molar-refractivity contribution in [1.29, 1.82) is 0 Å². The first-order chi connectivity index (χ1) is 7.88. The minimum absolute atomic E-state index is 0.949. The van der Waals surface area contributed by atoms with E-state index in [0.29, 0.717) is 0 Å². The van der Waals surface area contributed by atoms with E-state index in [-0.39, 0.29) is 0 Å². The lowest BCUT2D eigenvalue weighted by molar-refractivity contribution is 0.438. The molecule has 0 N–H and O–H groups in total. The van der Waals surface area contributed by atoms with Gasteiger partial charge in [-0.15, -0.1) is 0 Å². The van der Waals surface area contributed by atoms with Crippen LogP contribution in [0, 0.1) is 5.92 Å². The minimum atomic E-state index is 0.949. The first-order valence-corrected chi connectivity index (χ1v) is 7.12. The van der Waals surface area contributed by atoms with Crippen molar-refractivity contribution < 1.29 is 0 Å². The second kappa shape index (κ2) is 6.15. The Morgan fingerprint density at radius 3 is 2.69 bits per heavy atom. The molecule has 0 saturated heterocycles. The first-order valence-electron chi connectivity index (χ1n) is 6.30. The minimum Gasteiger partial charge on any atom is -0.0949 e. The number of hydrogen-bond donors (Lipinski definition) is 0. The molecule has 0 bridgehead atoms. The smallest absolute Gasteiger partial charge is 0.0118 e. The predicted molar refractivity (Wildman–Crippen MR) is 72.6 cm³/mol. The Labute approximate surface area is 103 Å². The van der Waals surface area contributed by atoms with Gasteiger partial charge in [0.2, 0.25) is 0 Å². The second-order valence-corrected chi connectivity index (χ2v) is 5.71. The van der Waals surface area contributed by atoms with Gasteiger partial charge < -0.3 is 0 Å². The van der Waals surface area contributed by atoms with Gasteiger partial charge in [-0.2, -0.15) is 0 Å². The third kappa shape index (κ3) is 3.41. The Morgan fingerprint density at radius 1 is 1.25 bits per heavy atom. The fourth-order valence-electron chi connectivity index (χ4n) is 2.27. The van der Waals surface area contributed by atoms with Crippen molar-refractivity contribution in [2.24, 2.45) is 5.92 Å². The van der Waals surface area contributed by atoms with Crippen LogP contribution in [0.15, 0.2) is 46.2 Å². The van der Waals surface area contributed by atoms with E-state index in [4.69, 9.17) is 0 Å². The van der Waals surface area contributed by atoms with Crippen LogP contribution in [-0.2, 0) is 0 Å². The standard InChI is InChI=1S/C15H20S/c1-2-6-13-9-11-15(12-10-13)16-14-7-4-3-5-8-14/h3-5,7-8,11,13H,2,6,9-10,12H2,1H3. The summed E-state index contributed by atoms with van der Waals surface area (Å²) in [5.41, 5.74) is 0.